The molecular weight excluding hydrogens is 379 g/mol. The summed E-state index contributed by atoms with van der Waals surface area (Å²) in [5.74, 6) is -1.00. The van der Waals surface area contributed by atoms with Crippen LogP contribution < -0.4 is 0 Å². The highest BCUT2D eigenvalue weighted by Gasteiger charge is 2.39. The number of pyridine rings is 1. The molecule has 0 bridgehead atoms. The molecule has 30 heavy (non-hydrogen) atoms. The van der Waals surface area contributed by atoms with E-state index in [1.165, 1.54) is 17.0 Å². The van der Waals surface area contributed by atoms with Crippen molar-refractivity contribution in [3.63, 3.8) is 0 Å². The summed E-state index contributed by atoms with van der Waals surface area (Å²) in [5, 5.41) is 0.745. The van der Waals surface area contributed by atoms with Crippen LogP contribution >= 0.6 is 0 Å². The molecule has 0 aliphatic carbocycles. The molecule has 5 rings (SSSR count). The monoisotopic (exact) mass is 396 g/mol. The van der Waals surface area contributed by atoms with Crippen molar-refractivity contribution in [3.8, 4) is 11.3 Å². The van der Waals surface area contributed by atoms with Crippen LogP contribution in [0.3, 0.4) is 0 Å². The van der Waals surface area contributed by atoms with Crippen LogP contribution in [0.2, 0.25) is 0 Å². The molecule has 3 aromatic carbocycles. The van der Waals surface area contributed by atoms with E-state index in [-0.39, 0.29) is 17.6 Å². The van der Waals surface area contributed by atoms with E-state index in [9.17, 15) is 14.0 Å². The van der Waals surface area contributed by atoms with Crippen LogP contribution in [0.1, 0.15) is 39.2 Å². The Kier molecular flexibility index (Phi) is 4.17. The third kappa shape index (κ3) is 2.78. The molecule has 0 saturated heterocycles. The van der Waals surface area contributed by atoms with Gasteiger partial charge in [0.25, 0.3) is 11.8 Å². The zero-order valence-corrected chi connectivity index (χ0v) is 16.2. The minimum absolute atomic E-state index is 0.318. The van der Waals surface area contributed by atoms with Crippen molar-refractivity contribution in [2.75, 3.05) is 0 Å². The number of hydrogen-bond donors (Lipinski definition) is 0. The van der Waals surface area contributed by atoms with Gasteiger partial charge in [0.15, 0.2) is 0 Å². The molecule has 4 nitrogen and oxygen atoms in total. The maximum atomic E-state index is 13.8. The van der Waals surface area contributed by atoms with Gasteiger partial charge in [-0.25, -0.2) is 9.37 Å². The second kappa shape index (κ2) is 6.88. The second-order valence-electron chi connectivity index (χ2n) is 7.33. The van der Waals surface area contributed by atoms with Crippen molar-refractivity contribution in [1.82, 2.24) is 9.88 Å². The minimum atomic E-state index is -0.547. The average Bonchev–Trinajstić information content (AvgIpc) is 3.03. The molecule has 0 spiro atoms. The predicted octanol–water partition coefficient (Wildman–Crippen LogP) is 5.40. The Labute approximate surface area is 172 Å². The Hall–Kier alpha value is -3.86. The molecule has 1 aliphatic rings. The van der Waals surface area contributed by atoms with Crippen molar-refractivity contribution < 1.29 is 14.0 Å². The molecule has 1 aliphatic heterocycles. The molecule has 4 aromatic rings. The van der Waals surface area contributed by atoms with Gasteiger partial charge in [-0.2, -0.15) is 0 Å². The fourth-order valence-corrected chi connectivity index (χ4v) is 4.00. The SMILES string of the molecule is CC(c1cc2ccc(F)cc2nc1-c1ccccc1)N1C(=O)c2ccccc2C1=O. The highest BCUT2D eigenvalue weighted by Crippen LogP contribution is 2.36. The molecule has 146 valence electrons. The molecule has 0 saturated carbocycles. The lowest BCUT2D eigenvalue weighted by molar-refractivity contribution is 0.0595. The standard InChI is InChI=1S/C25H17FN2O2/c1-15(28-24(29)19-9-5-6-10-20(19)25(28)30)21-13-17-11-12-18(26)14-22(17)27-23(21)16-7-3-2-4-8-16/h2-15H,1H3. The van der Waals surface area contributed by atoms with Crippen LogP contribution in [0, 0.1) is 5.82 Å². The van der Waals surface area contributed by atoms with E-state index >= 15 is 0 Å². The minimum Gasteiger partial charge on any atom is -0.269 e. The smallest absolute Gasteiger partial charge is 0.262 e. The molecule has 1 aromatic heterocycles. The first-order chi connectivity index (χ1) is 14.5. The second-order valence-corrected chi connectivity index (χ2v) is 7.33. The Bertz CT molecular complexity index is 1280. The summed E-state index contributed by atoms with van der Waals surface area (Å²) in [4.78, 5) is 32.0. The molecule has 2 heterocycles. The van der Waals surface area contributed by atoms with Crippen LogP contribution in [-0.4, -0.2) is 21.7 Å². The van der Waals surface area contributed by atoms with Gasteiger partial charge in [0, 0.05) is 22.6 Å². The molecule has 5 heteroatoms. The van der Waals surface area contributed by atoms with E-state index < -0.39 is 6.04 Å². The van der Waals surface area contributed by atoms with E-state index in [0.29, 0.717) is 22.3 Å². The Morgan fingerprint density at radius 2 is 1.47 bits per heavy atom. The average molecular weight is 396 g/mol. The molecule has 1 atom stereocenters. The zero-order chi connectivity index (χ0) is 20.8. The number of fused-ring (bicyclic) bond motifs is 2. The van der Waals surface area contributed by atoms with Crippen LogP contribution in [0.5, 0.6) is 0 Å². The largest absolute Gasteiger partial charge is 0.269 e. The lowest BCUT2D eigenvalue weighted by Gasteiger charge is -2.25. The number of carbonyl (C=O) groups is 2. The van der Waals surface area contributed by atoms with Gasteiger partial charge in [-0.15, -0.1) is 0 Å². The Morgan fingerprint density at radius 1 is 0.833 bits per heavy atom. The van der Waals surface area contributed by atoms with Gasteiger partial charge in [-0.05, 0) is 37.3 Å². The first-order valence-corrected chi connectivity index (χ1v) is 9.67. The third-order valence-electron chi connectivity index (χ3n) is 5.52. The molecule has 0 N–H and O–H groups in total. The van der Waals surface area contributed by atoms with Crippen LogP contribution in [0.4, 0.5) is 4.39 Å². The van der Waals surface area contributed by atoms with Gasteiger partial charge < -0.3 is 0 Å². The number of hydrogen-bond acceptors (Lipinski definition) is 3. The number of carbonyl (C=O) groups excluding carboxylic acids is 2. The van der Waals surface area contributed by atoms with E-state index in [2.05, 4.69) is 0 Å². The summed E-state index contributed by atoms with van der Waals surface area (Å²) in [6.07, 6.45) is 0. The molecule has 2 amide bonds. The van der Waals surface area contributed by atoms with Crippen molar-refractivity contribution in [1.29, 1.82) is 0 Å². The van der Waals surface area contributed by atoms with Crippen molar-refractivity contribution in [3.05, 3.63) is 101 Å². The van der Waals surface area contributed by atoms with Gasteiger partial charge in [0.1, 0.15) is 5.82 Å². The lowest BCUT2D eigenvalue weighted by Crippen LogP contribution is -2.33. The Balaban J connectivity index is 1.69. The number of rotatable bonds is 3. The fraction of sp³-hybridized carbons (Fsp3) is 0.0800. The van der Waals surface area contributed by atoms with E-state index in [1.54, 1.807) is 30.3 Å². The first kappa shape index (κ1) is 18.2. The van der Waals surface area contributed by atoms with Gasteiger partial charge in [0.05, 0.1) is 28.4 Å². The number of nitrogens with zero attached hydrogens (tertiary/aromatic N) is 2. The number of halogens is 1. The Morgan fingerprint density at radius 3 is 2.13 bits per heavy atom. The van der Waals surface area contributed by atoms with Crippen molar-refractivity contribution in [2.24, 2.45) is 0 Å². The topological polar surface area (TPSA) is 50.3 Å². The maximum Gasteiger partial charge on any atom is 0.262 e. The molecule has 1 unspecified atom stereocenters. The van der Waals surface area contributed by atoms with Crippen LogP contribution in [0.25, 0.3) is 22.2 Å². The van der Waals surface area contributed by atoms with E-state index in [0.717, 1.165) is 16.5 Å². The quantitative estimate of drug-likeness (QED) is 0.436. The van der Waals surface area contributed by atoms with Crippen LogP contribution in [-0.2, 0) is 0 Å². The zero-order valence-electron chi connectivity index (χ0n) is 16.2. The van der Waals surface area contributed by atoms with E-state index in [1.807, 2.05) is 43.3 Å². The summed E-state index contributed by atoms with van der Waals surface area (Å²) >= 11 is 0. The molecule has 0 radical (unpaired) electrons. The number of benzene rings is 3. The van der Waals surface area contributed by atoms with Gasteiger partial charge in [0.2, 0.25) is 0 Å². The van der Waals surface area contributed by atoms with Gasteiger partial charge >= 0.3 is 0 Å². The number of amides is 2. The maximum absolute atomic E-state index is 13.8. The predicted molar refractivity (Wildman–Crippen MR) is 112 cm³/mol. The normalized spacial score (nSPS) is 14.3. The number of imide groups is 1. The third-order valence-corrected chi connectivity index (χ3v) is 5.52. The lowest BCUT2D eigenvalue weighted by atomic mass is 9.97. The summed E-state index contributed by atoms with van der Waals surface area (Å²) in [6, 6.07) is 22.1. The summed E-state index contributed by atoms with van der Waals surface area (Å²) in [7, 11) is 0. The molecule has 0 fully saturated rings. The summed E-state index contributed by atoms with van der Waals surface area (Å²) < 4.78 is 13.8. The van der Waals surface area contributed by atoms with Crippen LogP contribution in [0.15, 0.2) is 78.9 Å². The highest BCUT2D eigenvalue weighted by molar-refractivity contribution is 6.21. The van der Waals surface area contributed by atoms with Crippen molar-refractivity contribution >= 4 is 22.7 Å². The summed E-state index contributed by atoms with van der Waals surface area (Å²) in [6.45, 7) is 1.82. The fourth-order valence-electron chi connectivity index (χ4n) is 4.00. The number of aromatic nitrogens is 1. The van der Waals surface area contributed by atoms with Gasteiger partial charge in [-0.1, -0.05) is 42.5 Å². The highest BCUT2D eigenvalue weighted by atomic mass is 19.1. The van der Waals surface area contributed by atoms with E-state index in [4.69, 9.17) is 4.98 Å². The first-order valence-electron chi connectivity index (χ1n) is 9.67. The van der Waals surface area contributed by atoms with Crippen molar-refractivity contribution in [2.45, 2.75) is 13.0 Å². The van der Waals surface area contributed by atoms with Gasteiger partial charge in [-0.3, -0.25) is 14.5 Å². The summed E-state index contributed by atoms with van der Waals surface area (Å²) in [5.41, 5.74) is 3.53. The molecular formula is C25H17FN2O2.